The Morgan fingerprint density at radius 3 is 2.61 bits per heavy atom. The molecule has 1 aromatic rings. The van der Waals surface area contributed by atoms with Crippen molar-refractivity contribution in [2.24, 2.45) is 5.73 Å². The van der Waals surface area contributed by atoms with Gasteiger partial charge in [0.2, 0.25) is 6.79 Å². The van der Waals surface area contributed by atoms with Crippen molar-refractivity contribution in [3.05, 3.63) is 27.8 Å². The molecule has 0 aliphatic carbocycles. The van der Waals surface area contributed by atoms with Crippen LogP contribution in [0.2, 0.25) is 0 Å². The molecule has 2 N–H and O–H groups in total. The predicted molar refractivity (Wildman–Crippen MR) is 64.0 cm³/mol. The van der Waals surface area contributed by atoms with Crippen LogP contribution < -0.4 is 15.2 Å². The lowest BCUT2D eigenvalue weighted by Crippen LogP contribution is -2.13. The van der Waals surface area contributed by atoms with Crippen LogP contribution in [-0.4, -0.2) is 18.4 Å². The molecule has 100 valence electrons. The smallest absolute Gasteiger partial charge is 0.278 e. The first-order chi connectivity index (χ1) is 8.13. The second-order valence-electron chi connectivity index (χ2n) is 3.61. The largest absolute Gasteiger partial charge is 0.454 e. The van der Waals surface area contributed by atoms with Crippen molar-refractivity contribution >= 4 is 18.1 Å². The van der Waals surface area contributed by atoms with Gasteiger partial charge in [-0.3, -0.25) is 14.5 Å². The molecule has 1 aliphatic rings. The molecule has 6 nitrogen and oxygen atoms in total. The summed E-state index contributed by atoms with van der Waals surface area (Å²) in [5.74, 6) is 0.716. The van der Waals surface area contributed by atoms with Gasteiger partial charge in [-0.05, 0) is 12.5 Å². The van der Waals surface area contributed by atoms with Gasteiger partial charge in [-0.2, -0.15) is 0 Å². The third-order valence-corrected chi connectivity index (χ3v) is 2.54. The van der Waals surface area contributed by atoms with Gasteiger partial charge >= 0.3 is 0 Å². The Balaban J connectivity index is 0.00000162. The monoisotopic (exact) mass is 278 g/mol. The van der Waals surface area contributed by atoms with Crippen molar-refractivity contribution in [2.45, 2.75) is 12.5 Å². The molecule has 0 spiro atoms. The van der Waals surface area contributed by atoms with E-state index in [1.807, 2.05) is 0 Å². The van der Waals surface area contributed by atoms with Crippen molar-refractivity contribution in [3.63, 3.8) is 0 Å². The predicted octanol–water partition coefficient (Wildman–Crippen LogP) is 2.10. The first-order valence-electron chi connectivity index (χ1n) is 5.03. The van der Waals surface area contributed by atoms with Crippen molar-refractivity contribution < 1.29 is 18.8 Å². The fourth-order valence-electron chi connectivity index (χ4n) is 1.68. The van der Waals surface area contributed by atoms with Crippen LogP contribution in [0.3, 0.4) is 0 Å². The number of nitrogens with two attached hydrogens (primary N) is 1. The minimum Gasteiger partial charge on any atom is -0.454 e. The highest BCUT2D eigenvalue weighted by Gasteiger charge is 2.26. The quantitative estimate of drug-likeness (QED) is 0.673. The van der Waals surface area contributed by atoms with E-state index < -0.39 is 17.6 Å². The molecule has 0 amide bonds. The van der Waals surface area contributed by atoms with Crippen molar-refractivity contribution in [1.82, 2.24) is 0 Å². The Bertz CT molecular complexity index is 458. The number of hydrogen-bond acceptors (Lipinski definition) is 5. The Morgan fingerprint density at radius 1 is 1.44 bits per heavy atom. The lowest BCUT2D eigenvalue weighted by molar-refractivity contribution is -0.385. The number of fused-ring (bicyclic) bond motifs is 1. The van der Waals surface area contributed by atoms with Crippen LogP contribution in [0.5, 0.6) is 11.5 Å². The zero-order valence-electron chi connectivity index (χ0n) is 9.30. The molecule has 2 rings (SSSR count). The lowest BCUT2D eigenvalue weighted by Gasteiger charge is -2.11. The number of benzene rings is 1. The molecule has 0 unspecified atom stereocenters. The molecule has 1 aromatic carbocycles. The van der Waals surface area contributed by atoms with Crippen LogP contribution in [0, 0.1) is 10.1 Å². The van der Waals surface area contributed by atoms with Gasteiger partial charge in [-0.25, -0.2) is 0 Å². The highest BCUT2D eigenvalue weighted by molar-refractivity contribution is 5.85. The van der Waals surface area contributed by atoms with E-state index in [1.54, 1.807) is 0 Å². The average molecular weight is 279 g/mol. The number of nitrogens with zero attached hydrogens (tertiary/aromatic N) is 1. The van der Waals surface area contributed by atoms with E-state index in [4.69, 9.17) is 15.2 Å². The van der Waals surface area contributed by atoms with Crippen LogP contribution in [0.1, 0.15) is 18.0 Å². The SMILES string of the molecule is Cl.N[C@H](CCF)c1cc2c(cc1[N+](=O)[O-])OCO2. The molecule has 18 heavy (non-hydrogen) atoms. The van der Waals surface area contributed by atoms with Crippen molar-refractivity contribution in [1.29, 1.82) is 0 Å². The summed E-state index contributed by atoms with van der Waals surface area (Å²) in [6.07, 6.45) is 0.0283. The van der Waals surface area contributed by atoms with E-state index in [0.29, 0.717) is 11.5 Å². The van der Waals surface area contributed by atoms with Crippen LogP contribution >= 0.6 is 12.4 Å². The van der Waals surface area contributed by atoms with E-state index in [1.165, 1.54) is 12.1 Å². The van der Waals surface area contributed by atoms with Crippen molar-refractivity contribution in [3.8, 4) is 11.5 Å². The first kappa shape index (κ1) is 14.5. The molecule has 1 atom stereocenters. The van der Waals surface area contributed by atoms with Crippen LogP contribution in [-0.2, 0) is 0 Å². The molecule has 1 heterocycles. The molecule has 0 fully saturated rings. The van der Waals surface area contributed by atoms with Crippen LogP contribution in [0.4, 0.5) is 10.1 Å². The molecule has 0 saturated heterocycles. The summed E-state index contributed by atoms with van der Waals surface area (Å²) < 4.78 is 22.4. The average Bonchev–Trinajstić information content (AvgIpc) is 2.74. The van der Waals surface area contributed by atoms with E-state index in [9.17, 15) is 14.5 Å². The van der Waals surface area contributed by atoms with Gasteiger partial charge in [0.15, 0.2) is 11.5 Å². The zero-order valence-corrected chi connectivity index (χ0v) is 10.1. The topological polar surface area (TPSA) is 87.6 Å². The zero-order chi connectivity index (χ0) is 12.4. The Morgan fingerprint density at radius 2 is 2.06 bits per heavy atom. The van der Waals surface area contributed by atoms with Gasteiger partial charge < -0.3 is 15.2 Å². The lowest BCUT2D eigenvalue weighted by atomic mass is 10.0. The molecule has 0 bridgehead atoms. The number of alkyl halides is 1. The number of nitro benzene ring substituents is 1. The molecular formula is C10H12ClFN2O4. The van der Waals surface area contributed by atoms with Crippen LogP contribution in [0.15, 0.2) is 12.1 Å². The maximum atomic E-state index is 12.2. The summed E-state index contributed by atoms with van der Waals surface area (Å²) in [6, 6.07) is 1.98. The maximum Gasteiger partial charge on any atom is 0.278 e. The number of nitro groups is 1. The van der Waals surface area contributed by atoms with Crippen molar-refractivity contribution in [2.75, 3.05) is 13.5 Å². The molecule has 0 radical (unpaired) electrons. The summed E-state index contributed by atoms with van der Waals surface area (Å²) in [6.45, 7) is -0.610. The third kappa shape index (κ3) is 2.62. The van der Waals surface area contributed by atoms with Gasteiger partial charge in [-0.15, -0.1) is 12.4 Å². The number of rotatable bonds is 4. The second-order valence-corrected chi connectivity index (χ2v) is 3.61. The number of halogens is 2. The Labute approximate surface area is 108 Å². The van der Waals surface area contributed by atoms with Crippen LogP contribution in [0.25, 0.3) is 0 Å². The van der Waals surface area contributed by atoms with Gasteiger partial charge in [0.25, 0.3) is 5.69 Å². The van der Waals surface area contributed by atoms with E-state index in [-0.39, 0.29) is 36.9 Å². The Hall–Kier alpha value is -1.60. The fourth-order valence-corrected chi connectivity index (χ4v) is 1.68. The fraction of sp³-hybridized carbons (Fsp3) is 0.400. The molecule has 0 aromatic heterocycles. The normalized spacial score (nSPS) is 13.9. The van der Waals surface area contributed by atoms with E-state index >= 15 is 0 Å². The third-order valence-electron chi connectivity index (χ3n) is 2.54. The molecule has 1 aliphatic heterocycles. The number of hydrogen-bond donors (Lipinski definition) is 1. The molecule has 8 heteroatoms. The summed E-state index contributed by atoms with van der Waals surface area (Å²) >= 11 is 0. The summed E-state index contributed by atoms with van der Waals surface area (Å²) in [5, 5.41) is 10.9. The van der Waals surface area contributed by atoms with Gasteiger partial charge in [0.05, 0.1) is 23.2 Å². The summed E-state index contributed by atoms with van der Waals surface area (Å²) in [5.41, 5.74) is 5.79. The minimum atomic E-state index is -0.727. The van der Waals surface area contributed by atoms with Gasteiger partial charge in [-0.1, -0.05) is 0 Å². The molecular weight excluding hydrogens is 267 g/mol. The summed E-state index contributed by atoms with van der Waals surface area (Å²) in [7, 11) is 0. The van der Waals surface area contributed by atoms with Gasteiger partial charge in [0, 0.05) is 6.04 Å². The first-order valence-corrected chi connectivity index (χ1v) is 5.03. The second kappa shape index (κ2) is 5.83. The number of ether oxygens (including phenoxy) is 2. The highest BCUT2D eigenvalue weighted by Crippen LogP contribution is 2.40. The maximum absolute atomic E-state index is 12.2. The highest BCUT2D eigenvalue weighted by atomic mass is 35.5. The van der Waals surface area contributed by atoms with E-state index in [2.05, 4.69) is 0 Å². The molecule has 0 saturated carbocycles. The minimum absolute atomic E-state index is 0. The summed E-state index contributed by atoms with van der Waals surface area (Å²) in [4.78, 5) is 10.3. The van der Waals surface area contributed by atoms with Gasteiger partial charge in [0.1, 0.15) is 0 Å². The Kier molecular flexibility index (Phi) is 4.69. The standard InChI is InChI=1S/C10H11FN2O4.ClH/c11-2-1-7(12)6-3-9-10(17-5-16-9)4-8(6)13(14)15;/h3-4,7H,1-2,5,12H2;1H/t7-;/m1./s1. The van der Waals surface area contributed by atoms with E-state index in [0.717, 1.165) is 0 Å².